The van der Waals surface area contributed by atoms with Crippen molar-refractivity contribution < 1.29 is 15.0 Å². The molecule has 0 radical (unpaired) electrons. The molecule has 0 spiro atoms. The van der Waals surface area contributed by atoms with E-state index in [9.17, 15) is 9.90 Å². The Kier molecular flexibility index (Phi) is 2.41. The van der Waals surface area contributed by atoms with E-state index in [1.165, 1.54) is 0 Å². The van der Waals surface area contributed by atoms with E-state index in [1.54, 1.807) is 4.90 Å². The number of amides is 1. The molecule has 2 heterocycles. The minimum Gasteiger partial charge on any atom is -0.465 e. The number of nitrogens with zero attached hydrogens (tertiary/aromatic N) is 1. The summed E-state index contributed by atoms with van der Waals surface area (Å²) in [7, 11) is 0. The van der Waals surface area contributed by atoms with Crippen LogP contribution in [0.3, 0.4) is 0 Å². The van der Waals surface area contributed by atoms with Gasteiger partial charge < -0.3 is 15.1 Å². The first kappa shape index (κ1) is 10.7. The molecular weight excluding hydrogens is 194 g/mol. The Labute approximate surface area is 89.9 Å². The molecule has 86 valence electrons. The lowest BCUT2D eigenvalue weighted by Gasteiger charge is -2.44. The Morgan fingerprint density at radius 1 is 1.33 bits per heavy atom. The molecule has 15 heavy (non-hydrogen) atoms. The molecule has 4 nitrogen and oxygen atoms in total. The van der Waals surface area contributed by atoms with Crippen molar-refractivity contribution in [2.24, 2.45) is 5.92 Å². The summed E-state index contributed by atoms with van der Waals surface area (Å²) in [6, 6.07) is 0.0716. The highest BCUT2D eigenvalue weighted by Crippen LogP contribution is 2.43. The molecule has 3 atom stereocenters. The number of hydrogen-bond donors (Lipinski definition) is 2. The molecule has 1 amide bonds. The summed E-state index contributed by atoms with van der Waals surface area (Å²) >= 11 is 0. The molecule has 0 aromatic heterocycles. The Morgan fingerprint density at radius 2 is 1.80 bits per heavy atom. The quantitative estimate of drug-likeness (QED) is 0.696. The van der Waals surface area contributed by atoms with Gasteiger partial charge in [-0.15, -0.1) is 0 Å². The first-order chi connectivity index (χ1) is 6.94. The third kappa shape index (κ3) is 1.61. The van der Waals surface area contributed by atoms with E-state index in [0.717, 1.165) is 12.8 Å². The molecule has 2 aliphatic rings. The monoisotopic (exact) mass is 213 g/mol. The summed E-state index contributed by atoms with van der Waals surface area (Å²) in [6.45, 7) is 4.02. The second kappa shape index (κ2) is 3.37. The van der Waals surface area contributed by atoms with Crippen LogP contribution in [0.25, 0.3) is 0 Å². The van der Waals surface area contributed by atoms with E-state index < -0.39 is 11.7 Å². The van der Waals surface area contributed by atoms with Crippen LogP contribution < -0.4 is 0 Å². The highest BCUT2D eigenvalue weighted by atomic mass is 16.4. The molecule has 0 unspecified atom stereocenters. The van der Waals surface area contributed by atoms with Gasteiger partial charge in [-0.2, -0.15) is 0 Å². The Morgan fingerprint density at radius 3 is 2.13 bits per heavy atom. The van der Waals surface area contributed by atoms with Gasteiger partial charge in [-0.3, -0.25) is 0 Å². The standard InChI is InChI=1S/C11H19NO3/c1-7(2)11(15)5-8-3-4-9(6-11)12(8)10(13)14/h7-9,15H,3-6H2,1-2H3,(H,13,14)/t8-,9+,11-. The van der Waals surface area contributed by atoms with Crippen molar-refractivity contribution in [2.45, 2.75) is 57.2 Å². The van der Waals surface area contributed by atoms with E-state index in [2.05, 4.69) is 0 Å². The number of fused-ring (bicyclic) bond motifs is 2. The normalized spacial score (nSPS) is 39.9. The van der Waals surface area contributed by atoms with Crippen LogP contribution in [-0.2, 0) is 0 Å². The van der Waals surface area contributed by atoms with E-state index in [4.69, 9.17) is 5.11 Å². The smallest absolute Gasteiger partial charge is 0.407 e. The summed E-state index contributed by atoms with van der Waals surface area (Å²) in [5.74, 6) is 0.205. The van der Waals surface area contributed by atoms with Crippen molar-refractivity contribution in [2.75, 3.05) is 0 Å². The molecule has 0 aliphatic carbocycles. The van der Waals surface area contributed by atoms with Gasteiger partial charge in [0.15, 0.2) is 0 Å². The minimum atomic E-state index is -0.826. The average molecular weight is 213 g/mol. The van der Waals surface area contributed by atoms with Crippen LogP contribution in [0.5, 0.6) is 0 Å². The molecule has 0 aromatic carbocycles. The lowest BCUT2D eigenvalue weighted by atomic mass is 9.78. The Balaban J connectivity index is 2.18. The molecule has 2 aliphatic heterocycles. The molecule has 4 heteroatoms. The lowest BCUT2D eigenvalue weighted by Crippen LogP contribution is -2.54. The summed E-state index contributed by atoms with van der Waals surface area (Å²) < 4.78 is 0. The van der Waals surface area contributed by atoms with E-state index in [0.29, 0.717) is 12.8 Å². The van der Waals surface area contributed by atoms with E-state index in [-0.39, 0.29) is 18.0 Å². The number of carbonyl (C=O) groups is 1. The van der Waals surface area contributed by atoms with Gasteiger partial charge in [0.05, 0.1) is 5.60 Å². The number of aliphatic hydroxyl groups is 1. The van der Waals surface area contributed by atoms with E-state index in [1.807, 2.05) is 13.8 Å². The largest absolute Gasteiger partial charge is 0.465 e. The van der Waals surface area contributed by atoms with Crippen LogP contribution in [-0.4, -0.2) is 38.9 Å². The molecule has 2 bridgehead atoms. The zero-order chi connectivity index (χ0) is 11.2. The van der Waals surface area contributed by atoms with Crippen molar-refractivity contribution in [1.29, 1.82) is 0 Å². The number of rotatable bonds is 1. The predicted octanol–water partition coefficient (Wildman–Crippen LogP) is 1.68. The van der Waals surface area contributed by atoms with Crippen LogP contribution in [0.15, 0.2) is 0 Å². The van der Waals surface area contributed by atoms with Crippen molar-refractivity contribution in [1.82, 2.24) is 4.90 Å². The third-order valence-corrected chi connectivity index (χ3v) is 4.09. The molecule has 0 aromatic rings. The van der Waals surface area contributed by atoms with Gasteiger partial charge in [-0.05, 0) is 31.6 Å². The molecule has 2 saturated heterocycles. The fourth-order valence-electron chi connectivity index (χ4n) is 3.05. The van der Waals surface area contributed by atoms with Crippen molar-refractivity contribution >= 4 is 6.09 Å². The van der Waals surface area contributed by atoms with Gasteiger partial charge in [0.2, 0.25) is 0 Å². The van der Waals surface area contributed by atoms with Crippen molar-refractivity contribution in [3.63, 3.8) is 0 Å². The fraction of sp³-hybridized carbons (Fsp3) is 0.909. The fourth-order valence-corrected chi connectivity index (χ4v) is 3.05. The predicted molar refractivity (Wildman–Crippen MR) is 55.7 cm³/mol. The summed E-state index contributed by atoms with van der Waals surface area (Å²) in [6.07, 6.45) is 2.20. The summed E-state index contributed by atoms with van der Waals surface area (Å²) in [5.41, 5.74) is -0.655. The molecule has 0 saturated carbocycles. The topological polar surface area (TPSA) is 60.8 Å². The Hall–Kier alpha value is -0.770. The summed E-state index contributed by atoms with van der Waals surface area (Å²) in [5, 5.41) is 19.5. The summed E-state index contributed by atoms with van der Waals surface area (Å²) in [4.78, 5) is 12.6. The van der Waals surface area contributed by atoms with Crippen LogP contribution in [0, 0.1) is 5.92 Å². The first-order valence-electron chi connectivity index (χ1n) is 5.67. The zero-order valence-corrected chi connectivity index (χ0v) is 9.31. The maximum atomic E-state index is 11.0. The van der Waals surface area contributed by atoms with Crippen LogP contribution in [0.2, 0.25) is 0 Å². The zero-order valence-electron chi connectivity index (χ0n) is 9.31. The third-order valence-electron chi connectivity index (χ3n) is 4.09. The Bertz CT molecular complexity index is 263. The number of piperidine rings is 1. The van der Waals surface area contributed by atoms with Crippen LogP contribution in [0.1, 0.15) is 39.5 Å². The van der Waals surface area contributed by atoms with Gasteiger partial charge in [0.1, 0.15) is 0 Å². The van der Waals surface area contributed by atoms with Crippen molar-refractivity contribution in [3.8, 4) is 0 Å². The second-order valence-corrected chi connectivity index (χ2v) is 5.24. The SMILES string of the molecule is CC(C)[C@@]1(O)C[C@H]2CC[C@@H](C1)N2C(=O)O. The molecule has 2 fully saturated rings. The van der Waals surface area contributed by atoms with Crippen LogP contribution >= 0.6 is 0 Å². The van der Waals surface area contributed by atoms with Gasteiger partial charge in [-0.25, -0.2) is 4.79 Å². The highest BCUT2D eigenvalue weighted by Gasteiger charge is 2.50. The highest BCUT2D eigenvalue weighted by molar-refractivity contribution is 5.66. The van der Waals surface area contributed by atoms with Gasteiger partial charge in [-0.1, -0.05) is 13.8 Å². The maximum absolute atomic E-state index is 11.0. The van der Waals surface area contributed by atoms with E-state index >= 15 is 0 Å². The first-order valence-corrected chi connectivity index (χ1v) is 5.67. The number of hydrogen-bond acceptors (Lipinski definition) is 2. The molecular formula is C11H19NO3. The molecule has 2 rings (SSSR count). The molecule has 2 N–H and O–H groups in total. The van der Waals surface area contributed by atoms with Gasteiger partial charge >= 0.3 is 6.09 Å². The van der Waals surface area contributed by atoms with Gasteiger partial charge in [0.25, 0.3) is 0 Å². The lowest BCUT2D eigenvalue weighted by molar-refractivity contribution is -0.0753. The second-order valence-electron chi connectivity index (χ2n) is 5.24. The minimum absolute atomic E-state index is 0.0358. The van der Waals surface area contributed by atoms with Crippen LogP contribution in [0.4, 0.5) is 4.79 Å². The number of carboxylic acid groups (broad SMARTS) is 1. The average Bonchev–Trinajstić information content (AvgIpc) is 2.39. The maximum Gasteiger partial charge on any atom is 0.407 e. The van der Waals surface area contributed by atoms with Crippen molar-refractivity contribution in [3.05, 3.63) is 0 Å². The van der Waals surface area contributed by atoms with Gasteiger partial charge in [0, 0.05) is 12.1 Å².